The molecule has 0 aromatic heterocycles. The Bertz CT molecular complexity index is 2930. The predicted molar refractivity (Wildman–Crippen MR) is 273 cm³/mol. The second-order valence-electron chi connectivity index (χ2n) is 23.3. The van der Waals surface area contributed by atoms with E-state index in [-0.39, 0.29) is 27.1 Å². The fourth-order valence-electron chi connectivity index (χ4n) is 11.1. The van der Waals surface area contributed by atoms with Gasteiger partial charge in [0, 0.05) is 34.3 Å². The van der Waals surface area contributed by atoms with Crippen LogP contribution in [0.5, 0.6) is 5.75 Å². The molecule has 1 unspecified atom stereocenters. The third-order valence-corrected chi connectivity index (χ3v) is 15.1. The van der Waals surface area contributed by atoms with Gasteiger partial charge in [0.05, 0.1) is 22.8 Å². The van der Waals surface area contributed by atoms with Crippen LogP contribution in [0.15, 0.2) is 115 Å². The van der Waals surface area contributed by atoms with Gasteiger partial charge in [0.2, 0.25) is 0 Å². The van der Waals surface area contributed by atoms with E-state index < -0.39 is 0 Å². The molecule has 3 aliphatic heterocycles. The molecule has 2 radical (unpaired) electrons. The third-order valence-electron chi connectivity index (χ3n) is 15.1. The Labute approximate surface area is 385 Å². The summed E-state index contributed by atoms with van der Waals surface area (Å²) in [6, 6.07) is 41.7. The highest BCUT2D eigenvalue weighted by molar-refractivity contribution is 6.41. The van der Waals surface area contributed by atoms with Gasteiger partial charge in [-0.05, 0) is 139 Å². The van der Waals surface area contributed by atoms with E-state index in [0.29, 0.717) is 6.61 Å². The molecule has 2 bridgehead atoms. The van der Waals surface area contributed by atoms with Gasteiger partial charge in [-0.3, -0.25) is 0 Å². The highest BCUT2D eigenvalue weighted by Crippen LogP contribution is 2.62. The van der Waals surface area contributed by atoms with E-state index in [2.05, 4.69) is 209 Å². The quantitative estimate of drug-likeness (QED) is 0.162. The van der Waals surface area contributed by atoms with Crippen molar-refractivity contribution in [3.8, 4) is 16.9 Å². The molecule has 64 heavy (non-hydrogen) atoms. The molecule has 1 aliphatic carbocycles. The third kappa shape index (κ3) is 6.60. The lowest BCUT2D eigenvalue weighted by molar-refractivity contribution is 0.341. The van der Waals surface area contributed by atoms with Crippen LogP contribution >= 0.6 is 0 Å². The van der Waals surface area contributed by atoms with Crippen molar-refractivity contribution in [3.63, 3.8) is 0 Å². The van der Waals surface area contributed by atoms with Crippen LogP contribution in [0.3, 0.4) is 0 Å². The minimum absolute atomic E-state index is 0.00661. The summed E-state index contributed by atoms with van der Waals surface area (Å²) in [7, 11) is 8.06. The highest BCUT2D eigenvalue weighted by Gasteiger charge is 2.49. The van der Waals surface area contributed by atoms with Gasteiger partial charge >= 0.3 is 0 Å². The zero-order valence-electron chi connectivity index (χ0n) is 40.6. The largest absolute Gasteiger partial charge is 0.488 e. The Hall–Kier alpha value is -5.48. The standard InChI is InChI=1S/C60H65BN2O/c1-36-19-26-51-44(29-36)54-39(35-64-51)30-38-20-23-45-52-55(38)63(48-25-22-41(57(5,6)7)32-46(48)60(52,13)28-27-59(45,11)12)50-34-42(58(8,9)10)33-49(53(50)61)62(54)47-24-21-40(56(2,3)4)31-43(47)37-17-15-14-16-18-37/h14-26,29,31-34H,27-28,30,35H2,1-13H3. The fourth-order valence-corrected chi connectivity index (χ4v) is 11.1. The van der Waals surface area contributed by atoms with Gasteiger partial charge in [-0.1, -0.05) is 155 Å². The van der Waals surface area contributed by atoms with Gasteiger partial charge in [0.1, 0.15) is 20.2 Å². The maximum atomic E-state index is 8.06. The molecule has 10 rings (SSSR count). The number of rotatable bonds is 2. The summed E-state index contributed by atoms with van der Waals surface area (Å²) in [5.74, 6) is 0.899. The van der Waals surface area contributed by atoms with Crippen LogP contribution in [0.4, 0.5) is 28.4 Å². The maximum absolute atomic E-state index is 8.06. The molecule has 0 N–H and O–H groups in total. The summed E-state index contributed by atoms with van der Waals surface area (Å²) in [5, 5.41) is 0. The Morgan fingerprint density at radius 3 is 1.89 bits per heavy atom. The zero-order chi connectivity index (χ0) is 45.5. The molecule has 3 nitrogen and oxygen atoms in total. The highest BCUT2D eigenvalue weighted by atomic mass is 16.5. The molecule has 0 fully saturated rings. The van der Waals surface area contributed by atoms with E-state index in [1.807, 2.05) is 0 Å². The van der Waals surface area contributed by atoms with Crippen molar-refractivity contribution in [2.75, 3.05) is 16.4 Å². The molecule has 0 saturated carbocycles. The molecule has 1 atom stereocenters. The van der Waals surface area contributed by atoms with Crippen LogP contribution < -0.4 is 20.0 Å². The molecular formula is C60H65BN2O. The van der Waals surface area contributed by atoms with Crippen LogP contribution in [0.25, 0.3) is 16.8 Å². The Kier molecular flexibility index (Phi) is 9.46. The zero-order valence-corrected chi connectivity index (χ0v) is 40.6. The summed E-state index contributed by atoms with van der Waals surface area (Å²) >= 11 is 0. The second kappa shape index (κ2) is 14.3. The summed E-state index contributed by atoms with van der Waals surface area (Å²) < 4.78 is 6.86. The molecule has 0 amide bonds. The summed E-state index contributed by atoms with van der Waals surface area (Å²) in [4.78, 5) is 5.13. The van der Waals surface area contributed by atoms with Crippen molar-refractivity contribution in [2.24, 2.45) is 0 Å². The fraction of sp³-hybridized carbons (Fsp3) is 0.367. The molecule has 0 saturated heterocycles. The number of fused-ring (bicyclic) bond motifs is 8. The van der Waals surface area contributed by atoms with E-state index in [0.717, 1.165) is 58.8 Å². The summed E-state index contributed by atoms with van der Waals surface area (Å²) in [5.41, 5.74) is 22.4. The molecule has 0 spiro atoms. The van der Waals surface area contributed by atoms with Gasteiger partial charge in [-0.25, -0.2) is 0 Å². The second-order valence-corrected chi connectivity index (χ2v) is 23.3. The molecular weight excluding hydrogens is 775 g/mol. The Balaban J connectivity index is 1.40. The first-order valence-corrected chi connectivity index (χ1v) is 23.6. The van der Waals surface area contributed by atoms with Gasteiger partial charge in [-0.15, -0.1) is 0 Å². The van der Waals surface area contributed by atoms with E-state index in [1.165, 1.54) is 72.6 Å². The number of aryl methyl sites for hydroxylation is 1. The first-order valence-electron chi connectivity index (χ1n) is 23.6. The monoisotopic (exact) mass is 841 g/mol. The SMILES string of the molecule is [B]c1c2cc(C(C)(C)C)cc1N1c3ccc(C(C)(C)C)cc3C3(C)CCC(C)(C)c4ccc(c1c43)CC1=C(c3cc(C)ccc3OC1)N2c1ccc(C(C)(C)C)cc1-c1ccccc1. The lowest BCUT2D eigenvalue weighted by atomic mass is 9.57. The molecule has 6 aromatic carbocycles. The van der Waals surface area contributed by atoms with Gasteiger partial charge in [0.25, 0.3) is 0 Å². The van der Waals surface area contributed by atoms with Gasteiger partial charge in [-0.2, -0.15) is 0 Å². The summed E-state index contributed by atoms with van der Waals surface area (Å²) in [6.45, 7) is 31.0. The lowest BCUT2D eigenvalue weighted by Gasteiger charge is -2.52. The van der Waals surface area contributed by atoms with E-state index in [9.17, 15) is 0 Å². The van der Waals surface area contributed by atoms with Crippen LogP contribution in [-0.2, 0) is 33.5 Å². The van der Waals surface area contributed by atoms with Crippen LogP contribution in [0, 0.1) is 6.92 Å². The molecule has 6 aromatic rings. The number of anilines is 5. The minimum atomic E-state index is -0.198. The molecule has 3 heterocycles. The van der Waals surface area contributed by atoms with E-state index in [4.69, 9.17) is 12.6 Å². The minimum Gasteiger partial charge on any atom is -0.488 e. The van der Waals surface area contributed by atoms with Gasteiger partial charge < -0.3 is 14.5 Å². The number of nitrogens with zero attached hydrogens (tertiary/aromatic N) is 2. The number of benzene rings is 6. The molecule has 4 heteroatoms. The average molecular weight is 841 g/mol. The van der Waals surface area contributed by atoms with Crippen molar-refractivity contribution in [1.82, 2.24) is 0 Å². The topological polar surface area (TPSA) is 15.7 Å². The first kappa shape index (κ1) is 42.5. The van der Waals surface area contributed by atoms with Crippen molar-refractivity contribution in [3.05, 3.63) is 165 Å². The van der Waals surface area contributed by atoms with Gasteiger partial charge in [0.15, 0.2) is 0 Å². The van der Waals surface area contributed by atoms with Crippen LogP contribution in [-0.4, -0.2) is 14.5 Å². The number of ether oxygens (including phenoxy) is 1. The van der Waals surface area contributed by atoms with Crippen molar-refractivity contribution in [2.45, 2.75) is 136 Å². The van der Waals surface area contributed by atoms with E-state index in [1.54, 1.807) is 0 Å². The smallest absolute Gasteiger partial charge is 0.129 e. The number of hydrogen-bond donors (Lipinski definition) is 0. The van der Waals surface area contributed by atoms with E-state index >= 15 is 0 Å². The van der Waals surface area contributed by atoms with Crippen molar-refractivity contribution >= 4 is 47.4 Å². The van der Waals surface area contributed by atoms with Crippen molar-refractivity contribution < 1.29 is 4.74 Å². The van der Waals surface area contributed by atoms with Crippen LogP contribution in [0.2, 0.25) is 0 Å². The summed E-state index contributed by atoms with van der Waals surface area (Å²) in [6.07, 6.45) is 2.92. The molecule has 324 valence electrons. The lowest BCUT2D eigenvalue weighted by Crippen LogP contribution is -2.43. The van der Waals surface area contributed by atoms with Crippen molar-refractivity contribution in [1.29, 1.82) is 0 Å². The first-order chi connectivity index (χ1) is 30.1. The normalized spacial score (nSPS) is 18.7. The Morgan fingerprint density at radius 1 is 0.578 bits per heavy atom. The number of hydrogen-bond acceptors (Lipinski definition) is 3. The maximum Gasteiger partial charge on any atom is 0.129 e. The average Bonchev–Trinajstić information content (AvgIpc) is 3.23. The Morgan fingerprint density at radius 2 is 1.22 bits per heavy atom. The molecule has 4 aliphatic rings. The van der Waals surface area contributed by atoms with Crippen LogP contribution in [0.1, 0.15) is 146 Å². The predicted octanol–water partition coefficient (Wildman–Crippen LogP) is 15.0.